The second-order valence-corrected chi connectivity index (χ2v) is 12.7. The first-order chi connectivity index (χ1) is 13.7. The Kier molecular flexibility index (Phi) is 6.04. The molecule has 1 heteroatoms. The van der Waals surface area contributed by atoms with E-state index in [4.69, 9.17) is 0 Å². The van der Waals surface area contributed by atoms with Gasteiger partial charge in [-0.3, -0.25) is 0 Å². The molecule has 4 rings (SSSR count). The summed E-state index contributed by atoms with van der Waals surface area (Å²) in [5.41, 5.74) is 2.88. The van der Waals surface area contributed by atoms with Crippen LogP contribution in [0.25, 0.3) is 0 Å². The lowest BCUT2D eigenvalue weighted by atomic mass is 9.47. The van der Waals surface area contributed by atoms with Crippen molar-refractivity contribution in [2.24, 2.45) is 52.3 Å². The van der Waals surface area contributed by atoms with Crippen LogP contribution in [0, 0.1) is 52.3 Å². The Labute approximate surface area is 181 Å². The molecule has 0 aliphatic heterocycles. The Morgan fingerprint density at radius 2 is 1.62 bits per heavy atom. The van der Waals surface area contributed by atoms with Gasteiger partial charge in [-0.1, -0.05) is 66.0 Å². The van der Waals surface area contributed by atoms with E-state index >= 15 is 0 Å². The van der Waals surface area contributed by atoms with Crippen LogP contribution in [0.2, 0.25) is 0 Å². The molecule has 4 aliphatic carbocycles. The quantitative estimate of drug-likeness (QED) is 0.470. The molecule has 1 nitrogen and oxygen atoms in total. The molecule has 0 spiro atoms. The number of hydrogen-bond donors (Lipinski definition) is 1. The Hall–Kier alpha value is -0.300. The van der Waals surface area contributed by atoms with Crippen LogP contribution in [0.4, 0.5) is 0 Å². The van der Waals surface area contributed by atoms with E-state index in [1.54, 1.807) is 0 Å². The molecule has 29 heavy (non-hydrogen) atoms. The van der Waals surface area contributed by atoms with Crippen molar-refractivity contribution in [1.82, 2.24) is 0 Å². The van der Waals surface area contributed by atoms with Crippen molar-refractivity contribution >= 4 is 0 Å². The predicted molar refractivity (Wildman–Crippen MR) is 124 cm³/mol. The van der Waals surface area contributed by atoms with Gasteiger partial charge in [-0.2, -0.15) is 0 Å². The van der Waals surface area contributed by atoms with E-state index in [-0.39, 0.29) is 6.10 Å². The number of fused-ring (bicyclic) bond motifs is 5. The molecule has 0 heterocycles. The summed E-state index contributed by atoms with van der Waals surface area (Å²) in [6.07, 6.45) is 15.8. The van der Waals surface area contributed by atoms with Crippen molar-refractivity contribution in [2.75, 3.05) is 0 Å². The number of rotatable bonds is 5. The summed E-state index contributed by atoms with van der Waals surface area (Å²) in [4.78, 5) is 0. The SMILES string of the molecule is CC(C)[C@H](C)CC[C@@H](C)[C@@H]1CC[C@@H]2C3=CC[C@H]4C[C@H](O)CC[C@]4(C)[C@H]3CC[C@@]21C. The van der Waals surface area contributed by atoms with Gasteiger partial charge in [-0.05, 0) is 104 Å². The van der Waals surface area contributed by atoms with Crippen LogP contribution in [0.15, 0.2) is 11.6 Å². The van der Waals surface area contributed by atoms with Crippen LogP contribution in [0.3, 0.4) is 0 Å². The molecular weight excluding hydrogens is 352 g/mol. The first-order valence-corrected chi connectivity index (χ1v) is 13.0. The monoisotopic (exact) mass is 400 g/mol. The van der Waals surface area contributed by atoms with Crippen LogP contribution in [-0.2, 0) is 0 Å². The van der Waals surface area contributed by atoms with Crippen LogP contribution in [0.1, 0.15) is 106 Å². The first kappa shape index (κ1) is 21.9. The molecule has 0 amide bonds. The zero-order chi connectivity index (χ0) is 21.0. The van der Waals surface area contributed by atoms with Crippen molar-refractivity contribution in [3.05, 3.63) is 11.6 Å². The minimum atomic E-state index is -0.0400. The third kappa shape index (κ3) is 3.66. The van der Waals surface area contributed by atoms with E-state index in [0.717, 1.165) is 54.3 Å². The summed E-state index contributed by atoms with van der Waals surface area (Å²) in [5.74, 6) is 5.85. The molecule has 0 radical (unpaired) electrons. The van der Waals surface area contributed by atoms with Gasteiger partial charge in [0.15, 0.2) is 0 Å². The first-order valence-electron chi connectivity index (χ1n) is 13.0. The summed E-state index contributed by atoms with van der Waals surface area (Å²) >= 11 is 0. The Morgan fingerprint density at radius 3 is 2.34 bits per heavy atom. The van der Waals surface area contributed by atoms with Crippen molar-refractivity contribution in [3.63, 3.8) is 0 Å². The summed E-state index contributed by atoms with van der Waals surface area (Å²) in [7, 11) is 0. The van der Waals surface area contributed by atoms with Gasteiger partial charge >= 0.3 is 0 Å². The minimum Gasteiger partial charge on any atom is -0.393 e. The van der Waals surface area contributed by atoms with Crippen molar-refractivity contribution in [2.45, 2.75) is 112 Å². The zero-order valence-corrected chi connectivity index (χ0v) is 20.2. The maximum absolute atomic E-state index is 10.2. The van der Waals surface area contributed by atoms with Gasteiger partial charge in [0, 0.05) is 0 Å². The largest absolute Gasteiger partial charge is 0.393 e. The molecule has 3 fully saturated rings. The highest BCUT2D eigenvalue weighted by molar-refractivity contribution is 5.27. The van der Waals surface area contributed by atoms with Gasteiger partial charge in [-0.15, -0.1) is 0 Å². The average Bonchev–Trinajstić information content (AvgIpc) is 3.03. The summed E-state index contributed by atoms with van der Waals surface area (Å²) in [6, 6.07) is 0. The number of aliphatic hydroxyl groups excluding tert-OH is 1. The van der Waals surface area contributed by atoms with Gasteiger partial charge in [0.05, 0.1) is 6.10 Å². The summed E-state index contributed by atoms with van der Waals surface area (Å²) < 4.78 is 0. The van der Waals surface area contributed by atoms with E-state index in [0.29, 0.717) is 10.8 Å². The molecule has 4 aliphatic rings. The number of hydrogen-bond acceptors (Lipinski definition) is 1. The molecule has 0 unspecified atom stereocenters. The van der Waals surface area contributed by atoms with Gasteiger partial charge in [0.1, 0.15) is 0 Å². The smallest absolute Gasteiger partial charge is 0.0543 e. The lowest BCUT2D eigenvalue weighted by Crippen LogP contribution is -2.49. The predicted octanol–water partition coefficient (Wildman–Crippen LogP) is 7.63. The normalized spacial score (nSPS) is 46.5. The number of aliphatic hydroxyl groups is 1. The molecule has 0 aromatic rings. The maximum atomic E-state index is 10.2. The Balaban J connectivity index is 1.50. The molecule has 1 N–H and O–H groups in total. The third-order valence-corrected chi connectivity index (χ3v) is 11.0. The average molecular weight is 401 g/mol. The highest BCUT2D eigenvalue weighted by atomic mass is 16.3. The number of allylic oxidation sites excluding steroid dienone is 2. The fraction of sp³-hybridized carbons (Fsp3) is 0.929. The van der Waals surface area contributed by atoms with E-state index in [2.05, 4.69) is 47.6 Å². The second-order valence-electron chi connectivity index (χ2n) is 12.7. The van der Waals surface area contributed by atoms with Crippen LogP contribution in [-0.4, -0.2) is 11.2 Å². The molecule has 166 valence electrons. The van der Waals surface area contributed by atoms with Crippen LogP contribution in [0.5, 0.6) is 0 Å². The van der Waals surface area contributed by atoms with E-state index in [9.17, 15) is 5.11 Å². The Bertz CT molecular complexity index is 620. The van der Waals surface area contributed by atoms with E-state index < -0.39 is 0 Å². The lowest BCUT2D eigenvalue weighted by Gasteiger charge is -2.57. The van der Waals surface area contributed by atoms with Gasteiger partial charge in [0.2, 0.25) is 0 Å². The van der Waals surface area contributed by atoms with Crippen LogP contribution < -0.4 is 0 Å². The molecule has 0 aromatic heterocycles. The fourth-order valence-corrected chi connectivity index (χ4v) is 8.53. The Morgan fingerprint density at radius 1 is 0.931 bits per heavy atom. The molecule has 0 bridgehead atoms. The van der Waals surface area contributed by atoms with Gasteiger partial charge in [0.25, 0.3) is 0 Å². The van der Waals surface area contributed by atoms with Crippen molar-refractivity contribution < 1.29 is 5.11 Å². The summed E-state index contributed by atoms with van der Waals surface area (Å²) in [5, 5.41) is 10.2. The maximum Gasteiger partial charge on any atom is 0.0543 e. The molecule has 3 saturated carbocycles. The topological polar surface area (TPSA) is 20.2 Å². The lowest BCUT2D eigenvalue weighted by molar-refractivity contribution is -0.0428. The molecule has 0 saturated heterocycles. The third-order valence-electron chi connectivity index (χ3n) is 11.0. The van der Waals surface area contributed by atoms with E-state index in [1.807, 2.05) is 5.57 Å². The summed E-state index contributed by atoms with van der Waals surface area (Å²) in [6.45, 7) is 15.1. The van der Waals surface area contributed by atoms with Crippen molar-refractivity contribution in [3.8, 4) is 0 Å². The van der Waals surface area contributed by atoms with Gasteiger partial charge in [-0.25, -0.2) is 0 Å². The van der Waals surface area contributed by atoms with Crippen molar-refractivity contribution in [1.29, 1.82) is 0 Å². The second kappa shape index (κ2) is 7.99. The fourth-order valence-electron chi connectivity index (χ4n) is 8.53. The highest BCUT2D eigenvalue weighted by Crippen LogP contribution is 2.67. The molecule has 0 aromatic carbocycles. The van der Waals surface area contributed by atoms with E-state index in [1.165, 1.54) is 51.4 Å². The van der Waals surface area contributed by atoms with Crippen LogP contribution >= 0.6 is 0 Å². The van der Waals surface area contributed by atoms with Gasteiger partial charge < -0.3 is 5.11 Å². The zero-order valence-electron chi connectivity index (χ0n) is 20.2. The standard InChI is InChI=1S/C28H48O/c1-18(2)19(3)7-8-20(4)24-11-12-25-23-10-9-21-17-22(29)13-15-27(21,5)26(23)14-16-28(24,25)6/h10,18-22,24-26,29H,7-9,11-17H2,1-6H3/t19-,20-,21+,22-,24+,25-,26+,27+,28-/m1/s1. The minimum absolute atomic E-state index is 0.0400. The molecule has 9 atom stereocenters. The molecular formula is C28H48O. The highest BCUT2D eigenvalue weighted by Gasteiger charge is 2.58.